The van der Waals surface area contributed by atoms with Gasteiger partial charge in [0, 0.05) is 32.4 Å². The third-order valence-electron chi connectivity index (χ3n) is 4.26. The van der Waals surface area contributed by atoms with E-state index in [0.717, 1.165) is 19.0 Å². The molecule has 118 valence electrons. The van der Waals surface area contributed by atoms with Gasteiger partial charge in [0.1, 0.15) is 11.8 Å². The number of nitrogens with one attached hydrogen (secondary N) is 1. The molecule has 1 atom stereocenters. The van der Waals surface area contributed by atoms with Crippen LogP contribution in [0.1, 0.15) is 28.9 Å². The predicted octanol–water partition coefficient (Wildman–Crippen LogP) is 1.07. The van der Waals surface area contributed by atoms with Gasteiger partial charge in [0.2, 0.25) is 0 Å². The van der Waals surface area contributed by atoms with E-state index in [4.69, 9.17) is 10.00 Å². The molecule has 1 aliphatic heterocycles. The minimum atomic E-state index is -0.0316. The molecule has 1 aromatic rings. The fraction of sp³-hybridized carbons (Fsp3) is 0.625. The maximum atomic E-state index is 12.5. The van der Waals surface area contributed by atoms with Gasteiger partial charge in [-0.3, -0.25) is 4.79 Å². The number of hydrogen-bond donors (Lipinski definition) is 1. The molecule has 0 radical (unpaired) electrons. The Kier molecular flexibility index (Phi) is 4.46. The average Bonchev–Trinajstić information content (AvgIpc) is 3.19. The molecule has 1 aromatic heterocycles. The molecule has 2 aliphatic rings. The van der Waals surface area contributed by atoms with Gasteiger partial charge in [-0.15, -0.1) is 0 Å². The highest BCUT2D eigenvalue weighted by Crippen LogP contribution is 2.29. The summed E-state index contributed by atoms with van der Waals surface area (Å²) in [6.45, 7) is 3.77. The lowest BCUT2D eigenvalue weighted by atomic mass is 10.2. The van der Waals surface area contributed by atoms with Crippen LogP contribution in [-0.2, 0) is 4.74 Å². The van der Waals surface area contributed by atoms with Crippen molar-refractivity contribution < 1.29 is 9.53 Å². The minimum Gasteiger partial charge on any atom is -0.373 e. The summed E-state index contributed by atoms with van der Waals surface area (Å²) < 4.78 is 5.80. The summed E-state index contributed by atoms with van der Waals surface area (Å²) in [5, 5.41) is 8.83. The van der Waals surface area contributed by atoms with Crippen LogP contribution >= 0.6 is 0 Å². The Morgan fingerprint density at radius 3 is 3.05 bits per heavy atom. The first-order valence-corrected chi connectivity index (χ1v) is 7.83. The van der Waals surface area contributed by atoms with Gasteiger partial charge in [-0.05, 0) is 31.9 Å². The van der Waals surface area contributed by atoms with Gasteiger partial charge in [-0.25, -0.2) is 0 Å². The molecule has 1 saturated carbocycles. The van der Waals surface area contributed by atoms with Crippen LogP contribution in [0.15, 0.2) is 12.3 Å². The Morgan fingerprint density at radius 1 is 1.55 bits per heavy atom. The van der Waals surface area contributed by atoms with Crippen molar-refractivity contribution in [3.05, 3.63) is 23.5 Å². The van der Waals surface area contributed by atoms with E-state index >= 15 is 0 Å². The van der Waals surface area contributed by atoms with Crippen molar-refractivity contribution in [1.29, 1.82) is 5.26 Å². The molecule has 0 bridgehead atoms. The summed E-state index contributed by atoms with van der Waals surface area (Å²) in [7, 11) is 2.12. The number of carbonyl (C=O) groups is 1. The number of aromatic nitrogens is 1. The quantitative estimate of drug-likeness (QED) is 0.883. The molecule has 2 heterocycles. The summed E-state index contributed by atoms with van der Waals surface area (Å²) in [6.07, 6.45) is 4.35. The van der Waals surface area contributed by atoms with Crippen molar-refractivity contribution in [3.8, 4) is 6.07 Å². The lowest BCUT2D eigenvalue weighted by molar-refractivity contribution is -0.0333. The zero-order valence-corrected chi connectivity index (χ0v) is 12.9. The molecule has 3 rings (SSSR count). The fourth-order valence-corrected chi connectivity index (χ4v) is 2.94. The molecular weight excluding hydrogens is 280 g/mol. The molecule has 2 fully saturated rings. The third-order valence-corrected chi connectivity index (χ3v) is 4.26. The van der Waals surface area contributed by atoms with Crippen LogP contribution in [0.2, 0.25) is 0 Å². The lowest BCUT2D eigenvalue weighted by Crippen LogP contribution is -2.49. The molecule has 1 aliphatic carbocycles. The summed E-state index contributed by atoms with van der Waals surface area (Å²) in [6, 6.07) is 3.61. The fourth-order valence-electron chi connectivity index (χ4n) is 2.94. The van der Waals surface area contributed by atoms with E-state index in [1.165, 1.54) is 12.8 Å². The van der Waals surface area contributed by atoms with Gasteiger partial charge in [0.25, 0.3) is 5.91 Å². The zero-order chi connectivity index (χ0) is 15.5. The van der Waals surface area contributed by atoms with E-state index in [0.29, 0.717) is 31.0 Å². The Bertz CT molecular complexity index is 573. The van der Waals surface area contributed by atoms with Crippen LogP contribution in [0, 0.1) is 17.2 Å². The number of nitriles is 1. The number of likely N-dealkylation sites (N-methyl/N-ethyl adjacent to an activating group) is 1. The number of nitrogens with zero attached hydrogens (tertiary/aromatic N) is 3. The largest absolute Gasteiger partial charge is 0.373 e. The normalized spacial score (nSPS) is 21.9. The highest BCUT2D eigenvalue weighted by molar-refractivity contribution is 5.94. The SMILES string of the molecule is CN(CC1CC1)C[C@@H]1CN(C(=O)c2c[nH]c(C#N)c2)CCO1. The number of morpholine rings is 1. The maximum absolute atomic E-state index is 12.5. The van der Waals surface area contributed by atoms with Gasteiger partial charge < -0.3 is 19.5 Å². The minimum absolute atomic E-state index is 0.0316. The van der Waals surface area contributed by atoms with Crippen LogP contribution in [0.3, 0.4) is 0 Å². The number of amides is 1. The molecular formula is C16H22N4O2. The van der Waals surface area contributed by atoms with Gasteiger partial charge in [0.15, 0.2) is 0 Å². The number of carbonyl (C=O) groups excluding carboxylic acids is 1. The maximum Gasteiger partial charge on any atom is 0.255 e. The van der Waals surface area contributed by atoms with Gasteiger partial charge >= 0.3 is 0 Å². The standard InChI is InChI=1S/C16H22N4O2/c1-19(9-12-2-3-12)10-15-11-20(4-5-22-15)16(21)13-6-14(7-17)18-8-13/h6,8,12,15,18H,2-5,9-11H2,1H3/t15-/m1/s1. The number of rotatable bonds is 5. The first-order chi connectivity index (χ1) is 10.7. The Balaban J connectivity index is 1.55. The average molecular weight is 302 g/mol. The summed E-state index contributed by atoms with van der Waals surface area (Å²) in [5.74, 6) is 0.825. The molecule has 22 heavy (non-hydrogen) atoms. The van der Waals surface area contributed by atoms with Gasteiger partial charge in [-0.2, -0.15) is 5.26 Å². The van der Waals surface area contributed by atoms with Crippen molar-refractivity contribution in [2.75, 3.05) is 39.8 Å². The van der Waals surface area contributed by atoms with E-state index in [9.17, 15) is 4.79 Å². The van der Waals surface area contributed by atoms with Crippen molar-refractivity contribution in [2.45, 2.75) is 18.9 Å². The van der Waals surface area contributed by atoms with E-state index in [1.807, 2.05) is 11.0 Å². The highest BCUT2D eigenvalue weighted by atomic mass is 16.5. The van der Waals surface area contributed by atoms with E-state index in [-0.39, 0.29) is 12.0 Å². The van der Waals surface area contributed by atoms with Crippen LogP contribution in [-0.4, -0.2) is 66.6 Å². The molecule has 6 heteroatoms. The van der Waals surface area contributed by atoms with Crippen molar-refractivity contribution in [2.24, 2.45) is 5.92 Å². The molecule has 0 unspecified atom stereocenters. The smallest absolute Gasteiger partial charge is 0.255 e. The number of ether oxygens (including phenoxy) is 1. The van der Waals surface area contributed by atoms with Crippen molar-refractivity contribution in [3.63, 3.8) is 0 Å². The molecule has 1 amide bonds. The summed E-state index contributed by atoms with van der Waals surface area (Å²) in [4.78, 5) is 19.4. The molecule has 0 spiro atoms. The molecule has 6 nitrogen and oxygen atoms in total. The lowest BCUT2D eigenvalue weighted by Gasteiger charge is -2.34. The number of hydrogen-bond acceptors (Lipinski definition) is 4. The second kappa shape index (κ2) is 6.51. The van der Waals surface area contributed by atoms with Crippen LogP contribution in [0.4, 0.5) is 0 Å². The van der Waals surface area contributed by atoms with Crippen LogP contribution < -0.4 is 0 Å². The van der Waals surface area contributed by atoms with E-state index in [1.54, 1.807) is 12.3 Å². The van der Waals surface area contributed by atoms with Gasteiger partial charge in [-0.1, -0.05) is 0 Å². The second-order valence-electron chi connectivity index (χ2n) is 6.32. The third kappa shape index (κ3) is 3.67. The van der Waals surface area contributed by atoms with Gasteiger partial charge in [0.05, 0.1) is 18.3 Å². The second-order valence-corrected chi connectivity index (χ2v) is 6.32. The first kappa shape index (κ1) is 15.1. The molecule has 0 aromatic carbocycles. The summed E-state index contributed by atoms with van der Waals surface area (Å²) >= 11 is 0. The highest BCUT2D eigenvalue weighted by Gasteiger charge is 2.28. The first-order valence-electron chi connectivity index (χ1n) is 7.83. The number of aromatic amines is 1. The monoisotopic (exact) mass is 302 g/mol. The molecule has 1 saturated heterocycles. The van der Waals surface area contributed by atoms with E-state index < -0.39 is 0 Å². The number of H-pyrrole nitrogens is 1. The van der Waals surface area contributed by atoms with Crippen LogP contribution in [0.5, 0.6) is 0 Å². The zero-order valence-electron chi connectivity index (χ0n) is 12.9. The van der Waals surface area contributed by atoms with Crippen LogP contribution in [0.25, 0.3) is 0 Å². The van der Waals surface area contributed by atoms with E-state index in [2.05, 4.69) is 16.9 Å². The predicted molar refractivity (Wildman–Crippen MR) is 81.4 cm³/mol. The topological polar surface area (TPSA) is 72.4 Å². The Hall–Kier alpha value is -1.84. The summed E-state index contributed by atoms with van der Waals surface area (Å²) in [5.41, 5.74) is 0.959. The molecule has 1 N–H and O–H groups in total. The Morgan fingerprint density at radius 2 is 2.36 bits per heavy atom. The van der Waals surface area contributed by atoms with Crippen molar-refractivity contribution >= 4 is 5.91 Å². The Labute approximate surface area is 130 Å². The van der Waals surface area contributed by atoms with Crippen molar-refractivity contribution in [1.82, 2.24) is 14.8 Å².